The number of hydrogen-bond acceptors (Lipinski definition) is 0. The summed E-state index contributed by atoms with van der Waals surface area (Å²) >= 11 is 0. The van der Waals surface area contributed by atoms with Gasteiger partial charge in [-0.05, 0) is 94.5 Å². The minimum absolute atomic E-state index is 0.335. The van der Waals surface area contributed by atoms with Crippen LogP contribution < -0.4 is 0 Å². The Labute approximate surface area is 330 Å². The molecular formula is C55H47N. The first-order valence-corrected chi connectivity index (χ1v) is 20.2. The van der Waals surface area contributed by atoms with Crippen LogP contribution in [0.3, 0.4) is 0 Å². The van der Waals surface area contributed by atoms with Gasteiger partial charge in [-0.25, -0.2) is 0 Å². The summed E-state index contributed by atoms with van der Waals surface area (Å²) in [7, 11) is 0. The lowest BCUT2D eigenvalue weighted by Gasteiger charge is -2.21. The second-order valence-corrected chi connectivity index (χ2v) is 14.9. The Balaban J connectivity index is 0.000000171. The van der Waals surface area contributed by atoms with Gasteiger partial charge in [0.05, 0.1) is 0 Å². The van der Waals surface area contributed by atoms with Gasteiger partial charge in [0.15, 0.2) is 0 Å². The quantitative estimate of drug-likeness (QED) is 0.135. The largest absolute Gasteiger partial charge is 0.361 e. The molecule has 0 aliphatic heterocycles. The number of rotatable bonds is 5. The highest BCUT2D eigenvalue weighted by Crippen LogP contribution is 2.45. The predicted octanol–water partition coefficient (Wildman–Crippen LogP) is 15.3. The molecule has 0 saturated heterocycles. The van der Waals surface area contributed by atoms with E-state index in [2.05, 4.69) is 201 Å². The molecule has 2 atom stereocenters. The third kappa shape index (κ3) is 6.05. The Bertz CT molecular complexity index is 2820. The lowest BCUT2D eigenvalue weighted by atomic mass is 9.82. The van der Waals surface area contributed by atoms with Crippen LogP contribution in [0.25, 0.3) is 65.6 Å². The van der Waals surface area contributed by atoms with E-state index in [1.54, 1.807) is 0 Å². The summed E-state index contributed by atoms with van der Waals surface area (Å²) in [6.45, 7) is 8.66. The molecule has 1 aliphatic carbocycles. The number of benzene rings is 9. The Morgan fingerprint density at radius 1 is 0.429 bits per heavy atom. The molecule has 1 nitrogen and oxygen atoms in total. The van der Waals surface area contributed by atoms with E-state index >= 15 is 0 Å². The summed E-state index contributed by atoms with van der Waals surface area (Å²) in [6, 6.07) is 62.0. The molecule has 1 aliphatic rings. The lowest BCUT2D eigenvalue weighted by molar-refractivity contribution is 0.933. The zero-order valence-corrected chi connectivity index (χ0v) is 32.7. The fourth-order valence-electron chi connectivity index (χ4n) is 9.14. The second kappa shape index (κ2) is 15.0. The SMILES string of the molecule is C1=C(c2c[nH]c3ccccc23)Cc2ccccc21.CC.CC(c1ccccc1)c1ccc2c3cccc4c(C(C)c5ccccc5)ccc(c5cccc1c52)c43. The first kappa shape index (κ1) is 35.3. The normalized spacial score (nSPS) is 13.2. The van der Waals surface area contributed by atoms with Crippen molar-refractivity contribution in [2.45, 2.75) is 46.0 Å². The molecule has 272 valence electrons. The van der Waals surface area contributed by atoms with Crippen molar-refractivity contribution in [2.24, 2.45) is 0 Å². The van der Waals surface area contributed by atoms with Gasteiger partial charge in [0.25, 0.3) is 0 Å². The van der Waals surface area contributed by atoms with Crippen LogP contribution in [0.1, 0.15) is 78.5 Å². The number of allylic oxidation sites excluding steroid dienone is 1. The van der Waals surface area contributed by atoms with Gasteiger partial charge in [-0.1, -0.05) is 198 Å². The van der Waals surface area contributed by atoms with Crippen LogP contribution in [0, 0.1) is 0 Å². The van der Waals surface area contributed by atoms with Crippen molar-refractivity contribution in [3.8, 4) is 0 Å². The van der Waals surface area contributed by atoms with E-state index in [1.807, 2.05) is 13.8 Å². The Hall–Kier alpha value is -6.44. The summed E-state index contributed by atoms with van der Waals surface area (Å²) in [4.78, 5) is 3.35. The Kier molecular flexibility index (Phi) is 9.45. The highest BCUT2D eigenvalue weighted by Gasteiger charge is 2.20. The molecule has 2 unspecified atom stereocenters. The van der Waals surface area contributed by atoms with Gasteiger partial charge in [0.2, 0.25) is 0 Å². The van der Waals surface area contributed by atoms with Crippen molar-refractivity contribution in [1.82, 2.24) is 4.98 Å². The van der Waals surface area contributed by atoms with E-state index in [4.69, 9.17) is 0 Å². The highest BCUT2D eigenvalue weighted by molar-refractivity contribution is 6.33. The number of para-hydroxylation sites is 1. The summed E-state index contributed by atoms with van der Waals surface area (Å²) in [5.41, 5.74) is 12.3. The number of H-pyrrole nitrogens is 1. The van der Waals surface area contributed by atoms with E-state index in [9.17, 15) is 0 Å². The summed E-state index contributed by atoms with van der Waals surface area (Å²) in [6.07, 6.45) is 5.48. The van der Waals surface area contributed by atoms with Gasteiger partial charge in [-0.15, -0.1) is 0 Å². The second-order valence-electron chi connectivity index (χ2n) is 14.9. The lowest BCUT2D eigenvalue weighted by Crippen LogP contribution is -2.00. The smallest absolute Gasteiger partial charge is 0.0460 e. The molecule has 56 heavy (non-hydrogen) atoms. The summed E-state index contributed by atoms with van der Waals surface area (Å²) < 4.78 is 0. The van der Waals surface area contributed by atoms with Crippen molar-refractivity contribution in [1.29, 1.82) is 0 Å². The van der Waals surface area contributed by atoms with E-state index < -0.39 is 0 Å². The molecule has 1 heteroatoms. The molecule has 0 bridgehead atoms. The zero-order valence-electron chi connectivity index (χ0n) is 32.7. The first-order chi connectivity index (χ1) is 27.6. The van der Waals surface area contributed by atoms with Crippen LogP contribution in [0.4, 0.5) is 0 Å². The van der Waals surface area contributed by atoms with Crippen LogP contribution in [0.5, 0.6) is 0 Å². The topological polar surface area (TPSA) is 15.8 Å². The molecule has 0 amide bonds. The van der Waals surface area contributed by atoms with E-state index in [0.29, 0.717) is 11.8 Å². The van der Waals surface area contributed by atoms with Gasteiger partial charge >= 0.3 is 0 Å². The third-order valence-corrected chi connectivity index (χ3v) is 12.0. The molecule has 1 heterocycles. The van der Waals surface area contributed by atoms with Gasteiger partial charge in [0, 0.05) is 34.5 Å². The molecule has 0 fully saturated rings. The van der Waals surface area contributed by atoms with Gasteiger partial charge in [-0.2, -0.15) is 0 Å². The molecule has 0 spiro atoms. The Morgan fingerprint density at radius 2 is 0.893 bits per heavy atom. The summed E-state index contributed by atoms with van der Waals surface area (Å²) in [5, 5.41) is 12.2. The zero-order chi connectivity index (χ0) is 38.2. The number of fused-ring (bicyclic) bond motifs is 4. The fourth-order valence-corrected chi connectivity index (χ4v) is 9.14. The van der Waals surface area contributed by atoms with Crippen molar-refractivity contribution in [3.05, 3.63) is 215 Å². The van der Waals surface area contributed by atoms with Gasteiger partial charge < -0.3 is 4.98 Å². The monoisotopic (exact) mass is 721 g/mol. The number of aromatic amines is 1. The van der Waals surface area contributed by atoms with Crippen molar-refractivity contribution < 1.29 is 0 Å². The van der Waals surface area contributed by atoms with Crippen molar-refractivity contribution in [2.75, 3.05) is 0 Å². The van der Waals surface area contributed by atoms with Crippen molar-refractivity contribution >= 4 is 65.6 Å². The third-order valence-electron chi connectivity index (χ3n) is 12.0. The molecule has 11 rings (SSSR count). The predicted molar refractivity (Wildman–Crippen MR) is 243 cm³/mol. The van der Waals surface area contributed by atoms with Crippen LogP contribution in [0.2, 0.25) is 0 Å². The molecule has 0 saturated carbocycles. The van der Waals surface area contributed by atoms with Crippen LogP contribution in [0.15, 0.2) is 176 Å². The molecule has 1 aromatic heterocycles. The number of aromatic nitrogens is 1. The Morgan fingerprint density at radius 3 is 1.46 bits per heavy atom. The van der Waals surface area contributed by atoms with E-state index in [1.165, 1.54) is 98.5 Å². The van der Waals surface area contributed by atoms with Crippen LogP contribution in [-0.4, -0.2) is 4.98 Å². The summed E-state index contributed by atoms with van der Waals surface area (Å²) in [5.74, 6) is 0.670. The van der Waals surface area contributed by atoms with Crippen LogP contribution >= 0.6 is 0 Å². The van der Waals surface area contributed by atoms with E-state index in [0.717, 1.165) is 6.42 Å². The molecule has 9 aromatic carbocycles. The standard InChI is InChI=1S/C36H28.C17H13N.C2H6/c1-23(25-11-5-3-6-12-25)27-19-21-33-32-18-10-16-30-28(24(2)26-13-7-4-8-14-26)20-22-34(36(30)32)31-17-9-15-29(27)35(31)33;1-2-6-13-10-14(9-12(13)5-1)16-11-18-17-8-4-3-7-15(16)17;1-2/h3-24H,1-2H3;1-9,11,18H,10H2;1-2H3. The van der Waals surface area contributed by atoms with Crippen LogP contribution in [-0.2, 0) is 6.42 Å². The minimum atomic E-state index is 0.335. The average molecular weight is 722 g/mol. The van der Waals surface area contributed by atoms with E-state index in [-0.39, 0.29) is 0 Å². The fraction of sp³-hybridized carbons (Fsp3) is 0.127. The minimum Gasteiger partial charge on any atom is -0.361 e. The van der Waals surface area contributed by atoms with Gasteiger partial charge in [-0.3, -0.25) is 0 Å². The first-order valence-electron chi connectivity index (χ1n) is 20.2. The maximum absolute atomic E-state index is 3.35. The molecule has 10 aromatic rings. The number of nitrogens with one attached hydrogen (secondary N) is 1. The van der Waals surface area contributed by atoms with Gasteiger partial charge in [0.1, 0.15) is 0 Å². The highest BCUT2D eigenvalue weighted by atomic mass is 14.7. The molecular weight excluding hydrogens is 675 g/mol. The van der Waals surface area contributed by atoms with Crippen molar-refractivity contribution in [3.63, 3.8) is 0 Å². The maximum Gasteiger partial charge on any atom is 0.0460 e. The average Bonchev–Trinajstić information content (AvgIpc) is 3.91. The molecule has 1 N–H and O–H groups in total. The molecule has 0 radical (unpaired) electrons. The number of hydrogen-bond donors (Lipinski definition) is 1. The maximum atomic E-state index is 3.35.